The molecule has 2 rings (SSSR count). The molecule has 0 saturated heterocycles. The zero-order chi connectivity index (χ0) is 33.2. The van der Waals surface area contributed by atoms with Gasteiger partial charge in [0.25, 0.3) is 0 Å². The van der Waals surface area contributed by atoms with Crippen LogP contribution in [0.3, 0.4) is 0 Å². The van der Waals surface area contributed by atoms with Crippen LogP contribution in [0.25, 0.3) is 0 Å². The summed E-state index contributed by atoms with van der Waals surface area (Å²) in [5.41, 5.74) is 2.75. The van der Waals surface area contributed by atoms with Crippen LogP contribution >= 0.6 is 0 Å². The van der Waals surface area contributed by atoms with E-state index >= 15 is 0 Å². The van der Waals surface area contributed by atoms with Crippen molar-refractivity contribution >= 4 is 27.7 Å². The van der Waals surface area contributed by atoms with Crippen molar-refractivity contribution < 1.29 is 33.0 Å². The summed E-state index contributed by atoms with van der Waals surface area (Å²) in [4.78, 5) is 41.6. The fourth-order valence-electron chi connectivity index (χ4n) is 6.48. The van der Waals surface area contributed by atoms with Crippen molar-refractivity contribution in [2.24, 2.45) is 23.7 Å². The highest BCUT2D eigenvalue weighted by molar-refractivity contribution is 7.89. The Labute approximate surface area is 265 Å². The van der Waals surface area contributed by atoms with Crippen LogP contribution in [0, 0.1) is 23.7 Å². The van der Waals surface area contributed by atoms with Crippen molar-refractivity contribution in [2.45, 2.75) is 115 Å². The predicted octanol–water partition coefficient (Wildman–Crippen LogP) is 1.72. The van der Waals surface area contributed by atoms with Gasteiger partial charge in [-0.2, -0.15) is 0 Å². The minimum Gasteiger partial charge on any atom is -0.393 e. The van der Waals surface area contributed by atoms with Gasteiger partial charge in [0, 0.05) is 58.5 Å². The molecule has 5 atom stereocenters. The highest BCUT2D eigenvalue weighted by Crippen LogP contribution is 2.36. The first-order valence-electron chi connectivity index (χ1n) is 16.5. The van der Waals surface area contributed by atoms with Gasteiger partial charge in [-0.15, -0.1) is 0 Å². The average molecular weight is 646 g/mol. The van der Waals surface area contributed by atoms with Crippen molar-refractivity contribution in [3.05, 3.63) is 0 Å². The number of hydrazine groups is 1. The molecule has 0 aromatic carbocycles. The Balaban J connectivity index is 2.30. The number of sulfonamides is 1. The third kappa shape index (κ3) is 11.2. The fraction of sp³-hybridized carbons (Fsp3) is 0.903. The van der Waals surface area contributed by atoms with Crippen LogP contribution in [0.1, 0.15) is 91.9 Å². The molecule has 0 bridgehead atoms. The first kappa shape index (κ1) is 38.4. The Morgan fingerprint density at radius 1 is 0.909 bits per heavy atom. The van der Waals surface area contributed by atoms with Gasteiger partial charge in [0.05, 0.1) is 23.5 Å². The number of carbonyl (C=O) groups is 3. The van der Waals surface area contributed by atoms with Crippen LogP contribution in [0.5, 0.6) is 0 Å². The smallest absolute Gasteiger partial charge is 0.236 e. The van der Waals surface area contributed by atoms with Gasteiger partial charge in [0.2, 0.25) is 27.7 Å². The molecule has 0 spiro atoms. The number of hydrogen-bond acceptors (Lipinski definition) is 8. The summed E-state index contributed by atoms with van der Waals surface area (Å²) in [5, 5.41) is 25.0. The lowest BCUT2D eigenvalue weighted by atomic mass is 9.79. The van der Waals surface area contributed by atoms with Crippen molar-refractivity contribution in [3.63, 3.8) is 0 Å². The first-order valence-corrected chi connectivity index (χ1v) is 18.0. The number of nitrogens with one attached hydrogen (secondary N) is 2. The molecule has 2 fully saturated rings. The van der Waals surface area contributed by atoms with E-state index in [1.54, 1.807) is 25.8 Å². The van der Waals surface area contributed by atoms with Gasteiger partial charge in [-0.1, -0.05) is 27.7 Å². The summed E-state index contributed by atoms with van der Waals surface area (Å²) < 4.78 is 27.7. The summed E-state index contributed by atoms with van der Waals surface area (Å²) in [5.74, 6) is -2.03. The average Bonchev–Trinajstić information content (AvgIpc) is 2.96. The standard InChI is InChI=1S/C31H59N5O7S/c1-8-14-36(15-9-2)31(41)24-17-23(18-26(19-24)44(42,43)34(5)6)30(40)32-27(16-22-10-12-25(37)13-11-22)28(38)20-35(7)33-29(39)21(3)4/h21-28,37-38H,8-20H2,1-7H3,(H,32,40)(H,33,39). The third-order valence-corrected chi connectivity index (χ3v) is 11.3. The van der Waals surface area contributed by atoms with Crippen molar-refractivity contribution in [1.82, 2.24) is 25.0 Å². The second kappa shape index (κ2) is 17.8. The largest absolute Gasteiger partial charge is 0.393 e. The van der Waals surface area contributed by atoms with Gasteiger partial charge < -0.3 is 20.4 Å². The Kier molecular flexibility index (Phi) is 15.5. The maximum atomic E-state index is 13.9. The topological polar surface area (TPSA) is 160 Å². The molecule has 2 saturated carbocycles. The molecule has 44 heavy (non-hydrogen) atoms. The van der Waals surface area contributed by atoms with Gasteiger partial charge in [-0.05, 0) is 70.1 Å². The summed E-state index contributed by atoms with van der Waals surface area (Å²) in [6, 6.07) is -0.655. The second-order valence-corrected chi connectivity index (χ2v) is 15.9. The Bertz CT molecular complexity index is 1030. The van der Waals surface area contributed by atoms with E-state index in [0.717, 1.165) is 25.7 Å². The number of aliphatic hydroxyl groups is 2. The highest BCUT2D eigenvalue weighted by Gasteiger charge is 2.44. The van der Waals surface area contributed by atoms with E-state index in [9.17, 15) is 33.0 Å². The fourth-order valence-corrected chi connectivity index (χ4v) is 8.02. The van der Waals surface area contributed by atoms with Crippen LogP contribution < -0.4 is 10.7 Å². The number of rotatable bonds is 16. The lowest BCUT2D eigenvalue weighted by molar-refractivity contribution is -0.138. The van der Waals surface area contributed by atoms with Gasteiger partial charge >= 0.3 is 0 Å². The molecule has 0 aromatic rings. The molecule has 13 heteroatoms. The first-order chi connectivity index (χ1) is 20.6. The predicted molar refractivity (Wildman–Crippen MR) is 171 cm³/mol. The Morgan fingerprint density at radius 3 is 2.00 bits per heavy atom. The summed E-state index contributed by atoms with van der Waals surface area (Å²) >= 11 is 0. The van der Waals surface area contributed by atoms with E-state index in [-0.39, 0.29) is 61.5 Å². The van der Waals surface area contributed by atoms with Crippen molar-refractivity contribution in [2.75, 3.05) is 40.8 Å². The van der Waals surface area contributed by atoms with Crippen LogP contribution in [0.4, 0.5) is 0 Å². The van der Waals surface area contributed by atoms with Gasteiger partial charge in [0.1, 0.15) is 0 Å². The van der Waals surface area contributed by atoms with E-state index in [0.29, 0.717) is 32.4 Å². The number of nitrogens with zero attached hydrogens (tertiary/aromatic N) is 3. The Hall–Kier alpha value is -1.80. The lowest BCUT2D eigenvalue weighted by Crippen LogP contribution is -2.54. The van der Waals surface area contributed by atoms with E-state index in [1.165, 1.54) is 23.4 Å². The van der Waals surface area contributed by atoms with Crippen LogP contribution in [-0.4, -0.2) is 115 Å². The normalized spacial score (nSPS) is 26.0. The maximum Gasteiger partial charge on any atom is 0.236 e. The molecule has 2 aliphatic carbocycles. The maximum absolute atomic E-state index is 13.9. The SMILES string of the molecule is CCCN(CCC)C(=O)C1CC(C(=O)NC(CC2CCC(O)CC2)C(O)CN(C)NC(=O)C(C)C)CC(S(=O)(=O)N(C)C)C1. The molecule has 256 valence electrons. The molecule has 0 heterocycles. The molecule has 0 aromatic heterocycles. The summed E-state index contributed by atoms with van der Waals surface area (Å²) in [7, 11) is 0.872. The van der Waals surface area contributed by atoms with E-state index < -0.39 is 39.3 Å². The van der Waals surface area contributed by atoms with Crippen LogP contribution in [0.15, 0.2) is 0 Å². The number of aliphatic hydroxyl groups excluding tert-OH is 2. The molecular weight excluding hydrogens is 586 g/mol. The monoisotopic (exact) mass is 645 g/mol. The quantitative estimate of drug-likeness (QED) is 0.185. The number of likely N-dealkylation sites (N-methyl/N-ethyl adjacent to an activating group) is 1. The minimum atomic E-state index is -3.73. The molecule has 0 aliphatic heterocycles. The van der Waals surface area contributed by atoms with E-state index in [4.69, 9.17) is 0 Å². The number of carbonyl (C=O) groups excluding carboxylic acids is 3. The Morgan fingerprint density at radius 2 is 1.48 bits per heavy atom. The van der Waals surface area contributed by atoms with Crippen molar-refractivity contribution in [3.8, 4) is 0 Å². The van der Waals surface area contributed by atoms with Crippen molar-refractivity contribution in [1.29, 1.82) is 0 Å². The third-order valence-electron chi connectivity index (χ3n) is 9.09. The van der Waals surface area contributed by atoms with E-state index in [2.05, 4.69) is 10.7 Å². The van der Waals surface area contributed by atoms with Gasteiger partial charge in [-0.25, -0.2) is 17.7 Å². The highest BCUT2D eigenvalue weighted by atomic mass is 32.2. The molecule has 0 radical (unpaired) electrons. The van der Waals surface area contributed by atoms with E-state index in [1.807, 2.05) is 13.8 Å². The number of amides is 3. The minimum absolute atomic E-state index is 0.0746. The zero-order valence-corrected chi connectivity index (χ0v) is 28.8. The summed E-state index contributed by atoms with van der Waals surface area (Å²) in [6.45, 7) is 8.77. The van der Waals surface area contributed by atoms with Gasteiger partial charge in [0.15, 0.2) is 0 Å². The zero-order valence-electron chi connectivity index (χ0n) is 28.0. The van der Waals surface area contributed by atoms with Crippen LogP contribution in [-0.2, 0) is 24.4 Å². The summed E-state index contributed by atoms with van der Waals surface area (Å²) in [6.07, 6.45) is 4.08. The molecular formula is C31H59N5O7S. The molecule has 2 aliphatic rings. The second-order valence-electron chi connectivity index (χ2n) is 13.5. The molecule has 12 nitrogen and oxygen atoms in total. The lowest BCUT2D eigenvalue weighted by Gasteiger charge is -2.38. The molecule has 5 unspecified atom stereocenters. The van der Waals surface area contributed by atoms with Gasteiger partial charge in [-0.3, -0.25) is 19.8 Å². The molecule has 3 amide bonds. The molecule has 4 N–H and O–H groups in total. The number of hydrogen-bond donors (Lipinski definition) is 4. The van der Waals surface area contributed by atoms with Crippen LogP contribution in [0.2, 0.25) is 0 Å².